The van der Waals surface area contributed by atoms with Gasteiger partial charge < -0.3 is 25.8 Å². The Bertz CT molecular complexity index is 363. The monoisotopic (exact) mass is 229 g/mol. The summed E-state index contributed by atoms with van der Waals surface area (Å²) in [4.78, 5) is 10.2. The molecule has 90 valence electrons. The molecule has 0 heterocycles. The number of allylic oxidation sites excluding steroid dienone is 1. The van der Waals surface area contributed by atoms with Crippen LogP contribution < -0.4 is 5.73 Å². The van der Waals surface area contributed by atoms with Crippen LogP contribution in [0.15, 0.2) is 35.1 Å². The van der Waals surface area contributed by atoms with E-state index in [4.69, 9.17) is 10.8 Å². The standard InChI is InChI=1S/C10H15NO5/c1-5(2)9(14)8(11)10(15)6(3)16-4-7(12)13/h14-15H,3-4,11H2,1-2H3,(H,12,13)/b10-8-. The second-order valence-corrected chi connectivity index (χ2v) is 3.22. The fourth-order valence-electron chi connectivity index (χ4n) is 0.749. The second-order valence-electron chi connectivity index (χ2n) is 3.22. The molecule has 0 spiro atoms. The molecule has 0 rings (SSSR count). The van der Waals surface area contributed by atoms with Gasteiger partial charge in [-0.1, -0.05) is 6.58 Å². The summed E-state index contributed by atoms with van der Waals surface area (Å²) < 4.78 is 4.60. The molecule has 0 saturated carbocycles. The number of aliphatic hydroxyl groups is 2. The minimum absolute atomic E-state index is 0.294. The van der Waals surface area contributed by atoms with Crippen LogP contribution in [0.4, 0.5) is 0 Å². The number of carboxylic acids is 1. The topological polar surface area (TPSA) is 113 Å². The fourth-order valence-corrected chi connectivity index (χ4v) is 0.749. The van der Waals surface area contributed by atoms with Gasteiger partial charge in [-0.15, -0.1) is 0 Å². The third-order valence-corrected chi connectivity index (χ3v) is 1.62. The molecule has 16 heavy (non-hydrogen) atoms. The first-order chi connectivity index (χ1) is 7.27. The molecular weight excluding hydrogens is 214 g/mol. The first kappa shape index (κ1) is 13.9. The van der Waals surface area contributed by atoms with Crippen molar-refractivity contribution in [2.24, 2.45) is 5.73 Å². The van der Waals surface area contributed by atoms with Crippen molar-refractivity contribution < 1.29 is 24.9 Å². The molecule has 0 unspecified atom stereocenters. The Labute approximate surface area is 93.0 Å². The highest BCUT2D eigenvalue weighted by Gasteiger charge is 2.12. The van der Waals surface area contributed by atoms with Crippen molar-refractivity contribution in [3.63, 3.8) is 0 Å². The molecule has 6 nitrogen and oxygen atoms in total. The summed E-state index contributed by atoms with van der Waals surface area (Å²) >= 11 is 0. The summed E-state index contributed by atoms with van der Waals surface area (Å²) in [6.45, 7) is 5.82. The molecule has 0 aromatic carbocycles. The van der Waals surface area contributed by atoms with Crippen molar-refractivity contribution in [3.05, 3.63) is 35.1 Å². The van der Waals surface area contributed by atoms with E-state index in [1.807, 2.05) is 0 Å². The zero-order valence-corrected chi connectivity index (χ0v) is 9.15. The molecule has 0 fully saturated rings. The van der Waals surface area contributed by atoms with E-state index in [1.165, 1.54) is 0 Å². The number of hydrogen-bond donors (Lipinski definition) is 4. The lowest BCUT2D eigenvalue weighted by molar-refractivity contribution is -0.140. The lowest BCUT2D eigenvalue weighted by Crippen LogP contribution is -2.12. The highest BCUT2D eigenvalue weighted by molar-refractivity contribution is 5.68. The number of aliphatic carboxylic acids is 1. The van der Waals surface area contributed by atoms with E-state index in [0.29, 0.717) is 5.57 Å². The Hall–Kier alpha value is -2.11. The molecule has 0 amide bonds. The van der Waals surface area contributed by atoms with Gasteiger partial charge in [0, 0.05) is 0 Å². The van der Waals surface area contributed by atoms with E-state index in [9.17, 15) is 15.0 Å². The van der Waals surface area contributed by atoms with Gasteiger partial charge in [0.15, 0.2) is 18.1 Å². The Morgan fingerprint density at radius 3 is 2.12 bits per heavy atom. The van der Waals surface area contributed by atoms with Gasteiger partial charge in [-0.25, -0.2) is 4.79 Å². The summed E-state index contributed by atoms with van der Waals surface area (Å²) in [5, 5.41) is 27.2. The van der Waals surface area contributed by atoms with Gasteiger partial charge in [-0.3, -0.25) is 0 Å². The van der Waals surface area contributed by atoms with Crippen LogP contribution in [-0.4, -0.2) is 27.9 Å². The van der Waals surface area contributed by atoms with Crippen LogP contribution in [0.3, 0.4) is 0 Å². The normalized spacial score (nSPS) is 11.4. The maximum atomic E-state index is 10.2. The number of carbonyl (C=O) groups is 1. The Morgan fingerprint density at radius 2 is 1.75 bits per heavy atom. The fraction of sp³-hybridized carbons (Fsp3) is 0.300. The van der Waals surface area contributed by atoms with Crippen LogP contribution in [0.5, 0.6) is 0 Å². The van der Waals surface area contributed by atoms with Gasteiger partial charge >= 0.3 is 5.97 Å². The van der Waals surface area contributed by atoms with Crippen LogP contribution in [0, 0.1) is 0 Å². The first-order valence-corrected chi connectivity index (χ1v) is 4.36. The number of carboxylic acid groups (broad SMARTS) is 1. The minimum Gasteiger partial charge on any atom is -0.506 e. The molecule has 0 aliphatic heterocycles. The molecule has 0 aromatic rings. The summed E-state index contributed by atoms with van der Waals surface area (Å²) in [6.07, 6.45) is 0. The third-order valence-electron chi connectivity index (χ3n) is 1.62. The number of aliphatic hydroxyl groups excluding tert-OH is 2. The average molecular weight is 229 g/mol. The zero-order chi connectivity index (χ0) is 12.9. The summed E-state index contributed by atoms with van der Waals surface area (Å²) in [6, 6.07) is 0. The van der Waals surface area contributed by atoms with E-state index in [2.05, 4.69) is 11.3 Å². The van der Waals surface area contributed by atoms with Crippen molar-refractivity contribution >= 4 is 5.97 Å². The van der Waals surface area contributed by atoms with E-state index in [1.54, 1.807) is 13.8 Å². The van der Waals surface area contributed by atoms with Gasteiger partial charge in [-0.2, -0.15) is 0 Å². The molecule has 0 atom stereocenters. The summed E-state index contributed by atoms with van der Waals surface area (Å²) in [7, 11) is 0. The molecule has 0 saturated heterocycles. The molecule has 5 N–H and O–H groups in total. The number of rotatable bonds is 5. The SMILES string of the molecule is C=C(OCC(=O)O)/C(O)=C(/N)C(O)=C(C)C. The highest BCUT2D eigenvalue weighted by atomic mass is 16.5. The molecule has 0 aliphatic rings. The summed E-state index contributed by atoms with van der Waals surface area (Å²) in [5.74, 6) is -2.40. The number of ether oxygens (including phenoxy) is 1. The molecule has 0 bridgehead atoms. The van der Waals surface area contributed by atoms with Crippen LogP contribution in [0.2, 0.25) is 0 Å². The van der Waals surface area contributed by atoms with Gasteiger partial charge in [0.05, 0.1) is 0 Å². The first-order valence-electron chi connectivity index (χ1n) is 4.36. The quantitative estimate of drug-likeness (QED) is 0.416. The Balaban J connectivity index is 4.83. The van der Waals surface area contributed by atoms with Gasteiger partial charge in [0.2, 0.25) is 0 Å². The van der Waals surface area contributed by atoms with Crippen LogP contribution in [0.1, 0.15) is 13.8 Å². The van der Waals surface area contributed by atoms with Crippen molar-refractivity contribution in [1.29, 1.82) is 0 Å². The van der Waals surface area contributed by atoms with Crippen molar-refractivity contribution in [2.45, 2.75) is 13.8 Å². The van der Waals surface area contributed by atoms with Gasteiger partial charge in [0.1, 0.15) is 11.5 Å². The molecule has 0 radical (unpaired) electrons. The van der Waals surface area contributed by atoms with E-state index in [-0.39, 0.29) is 17.2 Å². The van der Waals surface area contributed by atoms with E-state index < -0.39 is 18.3 Å². The van der Waals surface area contributed by atoms with Crippen LogP contribution in [-0.2, 0) is 9.53 Å². The summed E-state index contributed by atoms with van der Waals surface area (Å²) in [5.41, 5.74) is 5.59. The van der Waals surface area contributed by atoms with Gasteiger partial charge in [0.25, 0.3) is 0 Å². The van der Waals surface area contributed by atoms with E-state index in [0.717, 1.165) is 0 Å². The van der Waals surface area contributed by atoms with Crippen molar-refractivity contribution in [1.82, 2.24) is 0 Å². The van der Waals surface area contributed by atoms with Crippen molar-refractivity contribution in [2.75, 3.05) is 6.61 Å². The Morgan fingerprint density at radius 1 is 1.25 bits per heavy atom. The highest BCUT2D eigenvalue weighted by Crippen LogP contribution is 2.15. The molecular formula is C10H15NO5. The lowest BCUT2D eigenvalue weighted by atomic mass is 10.2. The maximum absolute atomic E-state index is 10.2. The van der Waals surface area contributed by atoms with Crippen LogP contribution >= 0.6 is 0 Å². The largest absolute Gasteiger partial charge is 0.506 e. The van der Waals surface area contributed by atoms with Crippen molar-refractivity contribution in [3.8, 4) is 0 Å². The van der Waals surface area contributed by atoms with Crippen LogP contribution in [0.25, 0.3) is 0 Å². The lowest BCUT2D eigenvalue weighted by Gasteiger charge is -2.09. The third kappa shape index (κ3) is 3.95. The average Bonchev–Trinajstić information content (AvgIpc) is 2.22. The zero-order valence-electron chi connectivity index (χ0n) is 9.15. The molecule has 0 aliphatic carbocycles. The predicted molar refractivity (Wildman–Crippen MR) is 57.6 cm³/mol. The smallest absolute Gasteiger partial charge is 0.341 e. The Kier molecular flexibility index (Phi) is 4.94. The minimum atomic E-state index is -1.21. The molecule has 6 heteroatoms. The van der Waals surface area contributed by atoms with Gasteiger partial charge in [-0.05, 0) is 19.4 Å². The number of hydrogen-bond acceptors (Lipinski definition) is 5. The maximum Gasteiger partial charge on any atom is 0.341 e. The number of nitrogens with two attached hydrogens (primary N) is 1. The van der Waals surface area contributed by atoms with E-state index >= 15 is 0 Å². The predicted octanol–water partition coefficient (Wildman–Crippen LogP) is 1.18. The second kappa shape index (κ2) is 5.69. The molecule has 0 aromatic heterocycles.